The van der Waals surface area contributed by atoms with E-state index in [0.29, 0.717) is 39.2 Å². The molecule has 3 heterocycles. The Morgan fingerprint density at radius 3 is 2.88 bits per heavy atom. The van der Waals surface area contributed by atoms with Crippen LogP contribution in [0.3, 0.4) is 0 Å². The van der Waals surface area contributed by atoms with Crippen LogP contribution in [0.15, 0.2) is 4.52 Å². The van der Waals surface area contributed by atoms with E-state index in [-0.39, 0.29) is 11.9 Å². The highest BCUT2D eigenvalue weighted by Crippen LogP contribution is 2.24. The fraction of sp³-hybridized carbons (Fsp3) is 0.765. The van der Waals surface area contributed by atoms with Gasteiger partial charge in [-0.2, -0.15) is 0 Å². The van der Waals surface area contributed by atoms with E-state index in [1.807, 2.05) is 20.9 Å². The molecular weight excluding hydrogens is 327 g/mol. The van der Waals surface area contributed by atoms with E-state index in [0.717, 1.165) is 23.6 Å². The Balaban J connectivity index is 1.56. The van der Waals surface area contributed by atoms with Gasteiger partial charge in [-0.1, -0.05) is 5.16 Å². The van der Waals surface area contributed by atoms with Gasteiger partial charge in [-0.15, -0.1) is 0 Å². The first kappa shape index (κ1) is 18.3. The lowest BCUT2D eigenvalue weighted by Crippen LogP contribution is -2.50. The molecule has 8 heteroatoms. The van der Waals surface area contributed by atoms with Crippen molar-refractivity contribution >= 4 is 5.91 Å². The summed E-state index contributed by atoms with van der Waals surface area (Å²) in [5.41, 5.74) is 1.84. The topological polar surface area (TPSA) is 70.8 Å². The predicted molar refractivity (Wildman–Crippen MR) is 89.9 cm³/mol. The quantitative estimate of drug-likeness (QED) is 0.837. The van der Waals surface area contributed by atoms with Crippen LogP contribution in [-0.4, -0.2) is 79.0 Å². The van der Waals surface area contributed by atoms with Gasteiger partial charge in [0.25, 0.3) is 5.91 Å². The minimum absolute atomic E-state index is 0.0334. The molecule has 25 heavy (non-hydrogen) atoms. The van der Waals surface area contributed by atoms with Crippen LogP contribution < -0.4 is 5.32 Å². The number of amides is 1. The monoisotopic (exact) mass is 354 g/mol. The van der Waals surface area contributed by atoms with Crippen molar-refractivity contribution in [2.45, 2.75) is 45.1 Å². The highest BCUT2D eigenvalue weighted by molar-refractivity contribution is 5.81. The van der Waals surface area contributed by atoms with Gasteiger partial charge in [-0.05, 0) is 27.3 Å². The van der Waals surface area contributed by atoms with Crippen LogP contribution in [0.2, 0.25) is 0 Å². The number of likely N-dealkylation sites (N-methyl/N-ethyl adjacent to an activating group) is 1. The molecule has 140 valence electrons. The number of hydrogen-bond donors (Lipinski definition) is 1. The van der Waals surface area contributed by atoms with Crippen molar-refractivity contribution in [3.8, 4) is 0 Å². The van der Waals surface area contributed by atoms with Crippen LogP contribution >= 0.6 is 0 Å². The molecule has 3 atom stereocenters. The summed E-state index contributed by atoms with van der Waals surface area (Å²) in [6.45, 7) is 7.12. The Hall–Kier alpha value is -1.51. The third kappa shape index (κ3) is 4.37. The second-order valence-electron chi connectivity index (χ2n) is 7.09. The van der Waals surface area contributed by atoms with Gasteiger partial charge in [-0.25, -0.2) is 4.39 Å². The lowest BCUT2D eigenvalue weighted by atomic mass is 10.1. The van der Waals surface area contributed by atoms with Crippen LogP contribution in [0.25, 0.3) is 0 Å². The summed E-state index contributed by atoms with van der Waals surface area (Å²) in [6.07, 6.45) is -0.897. The summed E-state index contributed by atoms with van der Waals surface area (Å²) in [5, 5.41) is 6.89. The maximum atomic E-state index is 14.0. The molecule has 1 N–H and O–H groups in total. The summed E-state index contributed by atoms with van der Waals surface area (Å²) in [4.78, 5) is 16.4. The number of carbonyl (C=O) groups is 1. The Morgan fingerprint density at radius 1 is 1.40 bits per heavy atom. The maximum Gasteiger partial charge on any atom is 0.250 e. The van der Waals surface area contributed by atoms with Gasteiger partial charge in [0, 0.05) is 44.3 Å². The minimum Gasteiger partial charge on any atom is -0.366 e. The van der Waals surface area contributed by atoms with Crippen molar-refractivity contribution in [2.75, 3.05) is 39.8 Å². The molecular formula is C17H27FN4O3. The first-order chi connectivity index (χ1) is 11.9. The van der Waals surface area contributed by atoms with Crippen LogP contribution in [-0.2, 0) is 16.1 Å². The zero-order chi connectivity index (χ0) is 18.0. The Kier molecular flexibility index (Phi) is 5.71. The van der Waals surface area contributed by atoms with Gasteiger partial charge in [0.2, 0.25) is 0 Å². The molecule has 0 radical (unpaired) electrons. The van der Waals surface area contributed by atoms with Gasteiger partial charge in [0.05, 0.1) is 12.3 Å². The second kappa shape index (κ2) is 7.80. The minimum atomic E-state index is -0.876. The summed E-state index contributed by atoms with van der Waals surface area (Å²) in [6, 6.07) is -0.0334. The molecule has 0 unspecified atom stereocenters. The van der Waals surface area contributed by atoms with Crippen molar-refractivity contribution in [1.29, 1.82) is 0 Å². The van der Waals surface area contributed by atoms with E-state index < -0.39 is 12.3 Å². The normalized spacial score (nSPS) is 28.4. The van der Waals surface area contributed by atoms with Crippen molar-refractivity contribution in [3.63, 3.8) is 0 Å². The number of aromatic nitrogens is 1. The largest absolute Gasteiger partial charge is 0.366 e. The molecule has 0 saturated carbocycles. The maximum absolute atomic E-state index is 14.0. The second-order valence-corrected chi connectivity index (χ2v) is 7.09. The number of likely N-dealkylation sites (tertiary alicyclic amines) is 1. The fourth-order valence-corrected chi connectivity index (χ4v) is 3.53. The van der Waals surface area contributed by atoms with Gasteiger partial charge in [0.15, 0.2) is 0 Å². The number of ether oxygens (including phenoxy) is 1. The van der Waals surface area contributed by atoms with E-state index in [9.17, 15) is 9.18 Å². The summed E-state index contributed by atoms with van der Waals surface area (Å²) >= 11 is 0. The molecule has 0 aliphatic carbocycles. The van der Waals surface area contributed by atoms with E-state index in [2.05, 4.69) is 20.3 Å². The SMILES string of the molecule is Cc1noc(C)c1CN1C[C@@H](F)C[C@H]1CNC(=O)[C@@H]1CN(C)CCO1. The molecule has 2 saturated heterocycles. The van der Waals surface area contributed by atoms with E-state index in [4.69, 9.17) is 9.26 Å². The molecule has 2 aliphatic rings. The van der Waals surface area contributed by atoms with Gasteiger partial charge < -0.3 is 19.5 Å². The number of halogens is 1. The van der Waals surface area contributed by atoms with E-state index in [1.54, 1.807) is 0 Å². The zero-order valence-corrected chi connectivity index (χ0v) is 15.1. The summed E-state index contributed by atoms with van der Waals surface area (Å²) < 4.78 is 24.7. The predicted octanol–water partition coefficient (Wildman–Crippen LogP) is 0.651. The highest BCUT2D eigenvalue weighted by Gasteiger charge is 2.34. The fourth-order valence-electron chi connectivity index (χ4n) is 3.53. The molecule has 2 aliphatic heterocycles. The van der Waals surface area contributed by atoms with Crippen molar-refractivity contribution in [3.05, 3.63) is 17.0 Å². The number of alkyl halides is 1. The Labute approximate surface area is 147 Å². The van der Waals surface area contributed by atoms with Crippen LogP contribution in [0.5, 0.6) is 0 Å². The number of rotatable bonds is 5. The number of hydrogen-bond acceptors (Lipinski definition) is 6. The standard InChI is InChI=1S/C17H27FN4O3/c1-11-15(12(2)25-20-11)9-22-8-13(18)6-14(22)7-19-17(23)16-10-21(3)4-5-24-16/h13-14,16H,4-10H2,1-3H3,(H,19,23)/t13-,14-,16-/m0/s1. The molecule has 0 bridgehead atoms. The molecule has 0 aromatic carbocycles. The molecule has 3 rings (SSSR count). The van der Waals surface area contributed by atoms with Crippen molar-refractivity contribution in [1.82, 2.24) is 20.3 Å². The average molecular weight is 354 g/mol. The van der Waals surface area contributed by atoms with E-state index in [1.165, 1.54) is 0 Å². The Bertz CT molecular complexity index is 589. The first-order valence-corrected chi connectivity index (χ1v) is 8.81. The summed E-state index contributed by atoms with van der Waals surface area (Å²) in [5.74, 6) is 0.646. The molecule has 1 amide bonds. The van der Waals surface area contributed by atoms with Gasteiger partial charge in [0.1, 0.15) is 18.0 Å². The number of carbonyl (C=O) groups excluding carboxylic acids is 1. The molecule has 2 fully saturated rings. The molecule has 0 spiro atoms. The van der Waals surface area contributed by atoms with Crippen molar-refractivity contribution < 1.29 is 18.4 Å². The van der Waals surface area contributed by atoms with Crippen LogP contribution in [0, 0.1) is 13.8 Å². The molecule has 1 aromatic rings. The van der Waals surface area contributed by atoms with Crippen molar-refractivity contribution in [2.24, 2.45) is 0 Å². The van der Waals surface area contributed by atoms with Gasteiger partial charge >= 0.3 is 0 Å². The highest BCUT2D eigenvalue weighted by atomic mass is 19.1. The lowest BCUT2D eigenvalue weighted by molar-refractivity contribution is -0.138. The summed E-state index contributed by atoms with van der Waals surface area (Å²) in [7, 11) is 1.97. The molecule has 1 aromatic heterocycles. The third-order valence-corrected chi connectivity index (χ3v) is 5.09. The smallest absolute Gasteiger partial charge is 0.250 e. The number of morpholine rings is 1. The average Bonchev–Trinajstić information content (AvgIpc) is 3.09. The van der Waals surface area contributed by atoms with Gasteiger partial charge in [-0.3, -0.25) is 9.69 Å². The number of nitrogens with one attached hydrogen (secondary N) is 1. The molecule has 7 nitrogen and oxygen atoms in total. The third-order valence-electron chi connectivity index (χ3n) is 5.09. The Morgan fingerprint density at radius 2 is 2.20 bits per heavy atom. The number of aryl methyl sites for hydroxylation is 2. The lowest BCUT2D eigenvalue weighted by Gasteiger charge is -2.30. The zero-order valence-electron chi connectivity index (χ0n) is 15.1. The van der Waals surface area contributed by atoms with Crippen LogP contribution in [0.1, 0.15) is 23.4 Å². The number of nitrogens with zero attached hydrogens (tertiary/aromatic N) is 3. The first-order valence-electron chi connectivity index (χ1n) is 8.81. The van der Waals surface area contributed by atoms with E-state index >= 15 is 0 Å². The van der Waals surface area contributed by atoms with Crippen LogP contribution in [0.4, 0.5) is 4.39 Å².